The molecule has 0 N–H and O–H groups in total. The zero-order chi connectivity index (χ0) is 14.5. The molecule has 0 bridgehead atoms. The molecule has 106 valence electrons. The first-order chi connectivity index (χ1) is 9.58. The third kappa shape index (κ3) is 3.22. The highest BCUT2D eigenvalue weighted by molar-refractivity contribution is 5.81. The Morgan fingerprint density at radius 1 is 1.45 bits per heavy atom. The molecule has 1 fully saturated rings. The van der Waals surface area contributed by atoms with E-state index in [0.29, 0.717) is 6.42 Å². The number of para-hydroxylation sites is 2. The molecule has 2 rings (SSSR count). The quantitative estimate of drug-likeness (QED) is 0.447. The lowest BCUT2D eigenvalue weighted by Gasteiger charge is -2.09. The lowest BCUT2D eigenvalue weighted by Crippen LogP contribution is -2.26. The lowest BCUT2D eigenvalue weighted by atomic mass is 10.3. The Bertz CT molecular complexity index is 542. The van der Waals surface area contributed by atoms with Gasteiger partial charge in [0.1, 0.15) is 0 Å². The number of benzene rings is 1. The maximum atomic E-state index is 11.5. The van der Waals surface area contributed by atoms with E-state index in [0.717, 1.165) is 0 Å². The molecule has 1 heterocycles. The second-order valence-electron chi connectivity index (χ2n) is 3.95. The highest BCUT2D eigenvalue weighted by atomic mass is 16.6. The number of rotatable bonds is 5. The van der Waals surface area contributed by atoms with Crippen LogP contribution in [-0.2, 0) is 19.1 Å². The van der Waals surface area contributed by atoms with Gasteiger partial charge < -0.3 is 14.2 Å². The molecular weight excluding hydrogens is 270 g/mol. The fourth-order valence-electron chi connectivity index (χ4n) is 1.64. The minimum atomic E-state index is -0.920. The summed E-state index contributed by atoms with van der Waals surface area (Å²) in [6.45, 7) is -0.309. The predicted octanol–water partition coefficient (Wildman–Crippen LogP) is 0.832. The maximum absolute atomic E-state index is 11.5. The maximum Gasteiger partial charge on any atom is 0.347 e. The van der Waals surface area contributed by atoms with Crippen molar-refractivity contribution in [1.29, 1.82) is 0 Å². The fraction of sp³-hybridized carbons (Fsp3) is 0.333. The van der Waals surface area contributed by atoms with Gasteiger partial charge in [-0.25, -0.2) is 9.59 Å². The third-order valence-electron chi connectivity index (χ3n) is 2.57. The number of nitrogens with zero attached hydrogens (tertiary/aromatic N) is 1. The molecule has 20 heavy (non-hydrogen) atoms. The van der Waals surface area contributed by atoms with Crippen molar-refractivity contribution in [2.45, 2.75) is 12.5 Å². The van der Waals surface area contributed by atoms with Crippen LogP contribution < -0.4 is 4.74 Å². The van der Waals surface area contributed by atoms with Crippen LogP contribution in [0.4, 0.5) is 5.69 Å². The molecule has 8 heteroatoms. The van der Waals surface area contributed by atoms with Crippen molar-refractivity contribution >= 4 is 17.6 Å². The normalized spacial score (nSPS) is 17.4. The van der Waals surface area contributed by atoms with E-state index < -0.39 is 29.6 Å². The Balaban J connectivity index is 1.90. The van der Waals surface area contributed by atoms with E-state index in [1.165, 1.54) is 18.2 Å². The zero-order valence-electron chi connectivity index (χ0n) is 10.3. The molecule has 0 aromatic heterocycles. The van der Waals surface area contributed by atoms with Gasteiger partial charge >= 0.3 is 17.6 Å². The van der Waals surface area contributed by atoms with E-state index in [4.69, 9.17) is 9.47 Å². The van der Waals surface area contributed by atoms with E-state index in [2.05, 4.69) is 4.74 Å². The van der Waals surface area contributed by atoms with Crippen LogP contribution in [0.1, 0.15) is 6.42 Å². The van der Waals surface area contributed by atoms with Crippen LogP contribution >= 0.6 is 0 Å². The fourth-order valence-corrected chi connectivity index (χ4v) is 1.64. The first kappa shape index (κ1) is 13.8. The summed E-state index contributed by atoms with van der Waals surface area (Å²) in [4.78, 5) is 32.7. The van der Waals surface area contributed by atoms with Crippen LogP contribution in [0.25, 0.3) is 0 Å². The van der Waals surface area contributed by atoms with Crippen LogP contribution in [0.2, 0.25) is 0 Å². The first-order valence-corrected chi connectivity index (χ1v) is 5.80. The van der Waals surface area contributed by atoms with Gasteiger partial charge in [-0.15, -0.1) is 0 Å². The van der Waals surface area contributed by atoms with Gasteiger partial charge in [-0.1, -0.05) is 12.1 Å². The summed E-state index contributed by atoms with van der Waals surface area (Å²) in [5.41, 5.74) is -0.249. The molecule has 1 aromatic rings. The van der Waals surface area contributed by atoms with Crippen molar-refractivity contribution in [3.63, 3.8) is 0 Å². The average molecular weight is 281 g/mol. The Kier molecular flexibility index (Phi) is 4.14. The largest absolute Gasteiger partial charge is 0.475 e. The number of hydrogen-bond donors (Lipinski definition) is 0. The molecule has 1 aliphatic rings. The molecule has 0 amide bonds. The molecule has 0 radical (unpaired) electrons. The van der Waals surface area contributed by atoms with E-state index in [1.54, 1.807) is 6.07 Å². The molecular formula is C12H11NO7. The molecule has 0 unspecified atom stereocenters. The van der Waals surface area contributed by atoms with Gasteiger partial charge in [0.05, 0.1) is 11.5 Å². The summed E-state index contributed by atoms with van der Waals surface area (Å²) in [7, 11) is 0. The summed E-state index contributed by atoms with van der Waals surface area (Å²) >= 11 is 0. The number of nitro benzene ring substituents is 1. The third-order valence-corrected chi connectivity index (χ3v) is 2.57. The number of ether oxygens (including phenoxy) is 3. The second-order valence-corrected chi connectivity index (χ2v) is 3.95. The number of cyclic esters (lactones) is 1. The van der Waals surface area contributed by atoms with Gasteiger partial charge in [0.15, 0.2) is 12.4 Å². The highest BCUT2D eigenvalue weighted by Gasteiger charge is 2.30. The number of carbonyl (C=O) groups is 2. The molecule has 0 spiro atoms. The SMILES string of the molecule is O=C(COc1ccccc1[N+](=O)[O-])O[C@H]1CCOC1=O. The van der Waals surface area contributed by atoms with Gasteiger partial charge in [-0.05, 0) is 6.07 Å². The second kappa shape index (κ2) is 6.00. The standard InChI is InChI=1S/C12H11NO7/c14-11(20-10-5-6-18-12(10)15)7-19-9-4-2-1-3-8(9)13(16)17/h1-4,10H,5-7H2/t10-/m0/s1. The van der Waals surface area contributed by atoms with Crippen LogP contribution in [-0.4, -0.2) is 36.2 Å². The summed E-state index contributed by atoms with van der Waals surface area (Å²) in [5, 5.41) is 10.7. The Hall–Kier alpha value is -2.64. The van der Waals surface area contributed by atoms with Gasteiger partial charge in [0.25, 0.3) is 0 Å². The number of nitro groups is 1. The molecule has 1 aromatic carbocycles. The van der Waals surface area contributed by atoms with E-state index in [1.807, 2.05) is 0 Å². The van der Waals surface area contributed by atoms with Crippen molar-refractivity contribution in [2.75, 3.05) is 13.2 Å². The number of hydrogen-bond acceptors (Lipinski definition) is 7. The number of carbonyl (C=O) groups excluding carboxylic acids is 2. The Morgan fingerprint density at radius 2 is 2.20 bits per heavy atom. The predicted molar refractivity (Wildman–Crippen MR) is 64.0 cm³/mol. The van der Waals surface area contributed by atoms with Crippen LogP contribution in [0.5, 0.6) is 5.75 Å². The van der Waals surface area contributed by atoms with E-state index in [-0.39, 0.29) is 18.0 Å². The minimum absolute atomic E-state index is 0.0385. The topological polar surface area (TPSA) is 105 Å². The zero-order valence-corrected chi connectivity index (χ0v) is 10.3. The van der Waals surface area contributed by atoms with Crippen molar-refractivity contribution in [3.8, 4) is 5.75 Å². The smallest absolute Gasteiger partial charge is 0.347 e. The van der Waals surface area contributed by atoms with E-state index in [9.17, 15) is 19.7 Å². The van der Waals surface area contributed by atoms with Crippen LogP contribution in [0.15, 0.2) is 24.3 Å². The summed E-state index contributed by atoms with van der Waals surface area (Å²) in [5.74, 6) is -1.42. The number of esters is 2. The minimum Gasteiger partial charge on any atom is -0.475 e. The van der Waals surface area contributed by atoms with Crippen molar-refractivity contribution in [3.05, 3.63) is 34.4 Å². The molecule has 0 saturated carbocycles. The first-order valence-electron chi connectivity index (χ1n) is 5.80. The summed E-state index contributed by atoms with van der Waals surface area (Å²) < 4.78 is 14.5. The van der Waals surface area contributed by atoms with Crippen LogP contribution in [0, 0.1) is 10.1 Å². The Labute approximate surface area is 113 Å². The van der Waals surface area contributed by atoms with Crippen molar-refractivity contribution < 1.29 is 28.7 Å². The molecule has 0 aliphatic carbocycles. The Morgan fingerprint density at radius 3 is 2.85 bits per heavy atom. The van der Waals surface area contributed by atoms with Gasteiger partial charge in [-0.2, -0.15) is 0 Å². The van der Waals surface area contributed by atoms with Crippen LogP contribution in [0.3, 0.4) is 0 Å². The molecule has 1 atom stereocenters. The van der Waals surface area contributed by atoms with Crippen molar-refractivity contribution in [1.82, 2.24) is 0 Å². The van der Waals surface area contributed by atoms with Gasteiger partial charge in [0.2, 0.25) is 6.10 Å². The van der Waals surface area contributed by atoms with Crippen molar-refractivity contribution in [2.24, 2.45) is 0 Å². The average Bonchev–Trinajstić information content (AvgIpc) is 2.82. The summed E-state index contributed by atoms with van der Waals surface area (Å²) in [6.07, 6.45) is -0.618. The monoisotopic (exact) mass is 281 g/mol. The molecule has 1 saturated heterocycles. The summed E-state index contributed by atoms with van der Waals surface area (Å²) in [6, 6.07) is 5.66. The molecule has 8 nitrogen and oxygen atoms in total. The van der Waals surface area contributed by atoms with Gasteiger partial charge in [0, 0.05) is 12.5 Å². The van der Waals surface area contributed by atoms with E-state index >= 15 is 0 Å². The highest BCUT2D eigenvalue weighted by Crippen LogP contribution is 2.25. The molecule has 1 aliphatic heterocycles. The lowest BCUT2D eigenvalue weighted by molar-refractivity contribution is -0.385. The van der Waals surface area contributed by atoms with Gasteiger partial charge in [-0.3, -0.25) is 10.1 Å².